The highest BCUT2D eigenvalue weighted by molar-refractivity contribution is 6.00. The molecule has 1 aliphatic heterocycles. The van der Waals surface area contributed by atoms with Gasteiger partial charge in [-0.3, -0.25) is 9.78 Å². The smallest absolute Gasteiger partial charge is 0.259 e. The number of amides is 1. The van der Waals surface area contributed by atoms with Crippen LogP contribution >= 0.6 is 0 Å². The number of hydrogen-bond acceptors (Lipinski definition) is 6. The quantitative estimate of drug-likeness (QED) is 0.368. The first-order valence-corrected chi connectivity index (χ1v) is 12.3. The number of anilines is 1. The average molecular weight is 500 g/mol. The van der Waals surface area contributed by atoms with Crippen LogP contribution in [0, 0.1) is 12.7 Å². The number of halogens is 1. The minimum Gasteiger partial charge on any atom is -0.378 e. The molecule has 6 rings (SSSR count). The molecular formula is C27H26FN7O2. The Kier molecular flexibility index (Phi) is 6.01. The third kappa shape index (κ3) is 4.40. The first kappa shape index (κ1) is 23.1. The SMILES string of the molecule is Cc1[nH]c2ccccc2c1CCNc1cc(-c2cncc(F)c2)nc2c(C(=O)N3CCOCC3)cnn12. The zero-order chi connectivity index (χ0) is 25.4. The van der Waals surface area contributed by atoms with E-state index in [1.54, 1.807) is 21.8 Å². The molecule has 0 radical (unpaired) electrons. The average Bonchev–Trinajstić information content (AvgIpc) is 3.49. The fourth-order valence-electron chi connectivity index (χ4n) is 4.85. The minimum atomic E-state index is -0.457. The minimum absolute atomic E-state index is 0.152. The Morgan fingerprint density at radius 3 is 2.84 bits per heavy atom. The predicted octanol–water partition coefficient (Wildman–Crippen LogP) is 3.85. The maximum Gasteiger partial charge on any atom is 0.259 e. The number of pyridine rings is 1. The molecule has 0 saturated carbocycles. The second-order valence-corrected chi connectivity index (χ2v) is 9.07. The molecule has 1 saturated heterocycles. The van der Waals surface area contributed by atoms with Crippen LogP contribution in [0.5, 0.6) is 0 Å². The van der Waals surface area contributed by atoms with Gasteiger partial charge in [0.1, 0.15) is 17.2 Å². The lowest BCUT2D eigenvalue weighted by atomic mass is 10.1. The third-order valence-corrected chi connectivity index (χ3v) is 6.71. The monoisotopic (exact) mass is 499 g/mol. The van der Waals surface area contributed by atoms with Gasteiger partial charge in [0.2, 0.25) is 0 Å². The molecule has 5 aromatic rings. The van der Waals surface area contributed by atoms with Gasteiger partial charge in [0, 0.05) is 54.1 Å². The summed E-state index contributed by atoms with van der Waals surface area (Å²) in [4.78, 5) is 27.2. The number of aryl methyl sites for hydroxylation is 1. The van der Waals surface area contributed by atoms with E-state index in [1.165, 1.54) is 17.0 Å². The molecule has 9 nitrogen and oxygen atoms in total. The second-order valence-electron chi connectivity index (χ2n) is 9.07. The van der Waals surface area contributed by atoms with Crippen LogP contribution in [0.1, 0.15) is 21.6 Å². The number of nitrogens with zero attached hydrogens (tertiary/aromatic N) is 5. The number of nitrogens with one attached hydrogen (secondary N) is 2. The second kappa shape index (κ2) is 9.62. The van der Waals surface area contributed by atoms with E-state index in [2.05, 4.69) is 39.4 Å². The van der Waals surface area contributed by atoms with Crippen LogP contribution in [0.15, 0.2) is 55.0 Å². The van der Waals surface area contributed by atoms with Gasteiger partial charge in [0.25, 0.3) is 5.91 Å². The Balaban J connectivity index is 1.36. The molecule has 1 aliphatic rings. The number of carbonyl (C=O) groups excluding carboxylic acids is 1. The van der Waals surface area contributed by atoms with E-state index in [9.17, 15) is 9.18 Å². The number of carbonyl (C=O) groups is 1. The van der Waals surface area contributed by atoms with E-state index in [0.29, 0.717) is 61.1 Å². The Bertz CT molecular complexity index is 1600. The number of rotatable bonds is 6. The highest BCUT2D eigenvalue weighted by atomic mass is 19.1. The van der Waals surface area contributed by atoms with Gasteiger partial charge in [0.05, 0.1) is 31.3 Å². The van der Waals surface area contributed by atoms with Crippen molar-refractivity contribution in [2.24, 2.45) is 0 Å². The number of para-hydroxylation sites is 1. The Morgan fingerprint density at radius 1 is 1.16 bits per heavy atom. The van der Waals surface area contributed by atoms with Crippen LogP contribution in [-0.2, 0) is 11.2 Å². The van der Waals surface area contributed by atoms with Crippen LogP contribution in [0.25, 0.3) is 27.8 Å². The van der Waals surface area contributed by atoms with E-state index >= 15 is 0 Å². The van der Waals surface area contributed by atoms with Crippen molar-refractivity contribution >= 4 is 28.3 Å². The predicted molar refractivity (Wildman–Crippen MR) is 138 cm³/mol. The standard InChI is InChI=1S/C27H26FN7O2/c1-17-20(21-4-2-3-5-23(21)32-17)6-7-30-25-13-24(18-12-19(28)15-29-14-18)33-26-22(16-31-35(25)26)27(36)34-8-10-37-11-9-34/h2-5,12-16,30,32H,6-11H2,1H3. The normalized spacial score (nSPS) is 13.9. The van der Waals surface area contributed by atoms with Crippen molar-refractivity contribution in [1.82, 2.24) is 29.5 Å². The van der Waals surface area contributed by atoms with Crippen LogP contribution in [0.4, 0.5) is 10.2 Å². The summed E-state index contributed by atoms with van der Waals surface area (Å²) < 4.78 is 21.0. The van der Waals surface area contributed by atoms with Gasteiger partial charge in [-0.25, -0.2) is 9.37 Å². The highest BCUT2D eigenvalue weighted by Crippen LogP contribution is 2.26. The van der Waals surface area contributed by atoms with Crippen LogP contribution < -0.4 is 5.32 Å². The van der Waals surface area contributed by atoms with Crippen molar-refractivity contribution in [2.75, 3.05) is 38.2 Å². The van der Waals surface area contributed by atoms with E-state index in [0.717, 1.165) is 23.8 Å². The van der Waals surface area contributed by atoms with Crippen molar-refractivity contribution in [1.29, 1.82) is 0 Å². The largest absolute Gasteiger partial charge is 0.378 e. The molecule has 188 valence electrons. The van der Waals surface area contributed by atoms with Crippen LogP contribution in [0.2, 0.25) is 0 Å². The fraction of sp³-hybridized carbons (Fsp3) is 0.259. The molecule has 0 aliphatic carbocycles. The Hall–Kier alpha value is -4.31. The lowest BCUT2D eigenvalue weighted by Crippen LogP contribution is -2.40. The molecule has 37 heavy (non-hydrogen) atoms. The first-order valence-electron chi connectivity index (χ1n) is 12.3. The fourth-order valence-corrected chi connectivity index (χ4v) is 4.85. The molecule has 4 aromatic heterocycles. The summed E-state index contributed by atoms with van der Waals surface area (Å²) in [7, 11) is 0. The maximum absolute atomic E-state index is 14.0. The van der Waals surface area contributed by atoms with Crippen molar-refractivity contribution in [3.05, 3.63) is 77.6 Å². The molecule has 0 unspecified atom stereocenters. The zero-order valence-corrected chi connectivity index (χ0v) is 20.4. The molecule has 0 bridgehead atoms. The van der Waals surface area contributed by atoms with Gasteiger partial charge in [-0.15, -0.1) is 0 Å². The summed E-state index contributed by atoms with van der Waals surface area (Å²) in [6.07, 6.45) is 5.03. The van der Waals surface area contributed by atoms with Crippen LogP contribution in [0.3, 0.4) is 0 Å². The molecule has 0 spiro atoms. The van der Waals surface area contributed by atoms with Gasteiger partial charge in [0.15, 0.2) is 5.65 Å². The van der Waals surface area contributed by atoms with Gasteiger partial charge in [-0.1, -0.05) is 18.2 Å². The number of morpholine rings is 1. The molecule has 1 amide bonds. The van der Waals surface area contributed by atoms with E-state index in [-0.39, 0.29) is 5.91 Å². The maximum atomic E-state index is 14.0. The first-order chi connectivity index (χ1) is 18.1. The van der Waals surface area contributed by atoms with Crippen molar-refractivity contribution in [2.45, 2.75) is 13.3 Å². The molecule has 5 heterocycles. The Morgan fingerprint density at radius 2 is 2.00 bits per heavy atom. The van der Waals surface area contributed by atoms with E-state index in [4.69, 9.17) is 9.72 Å². The number of aromatic nitrogens is 5. The molecular weight excluding hydrogens is 473 g/mol. The number of benzene rings is 1. The van der Waals surface area contributed by atoms with E-state index < -0.39 is 5.82 Å². The van der Waals surface area contributed by atoms with Crippen molar-refractivity contribution < 1.29 is 13.9 Å². The third-order valence-electron chi connectivity index (χ3n) is 6.71. The Labute approximate surface area is 212 Å². The van der Waals surface area contributed by atoms with Gasteiger partial charge in [-0.05, 0) is 31.0 Å². The molecule has 1 aromatic carbocycles. The summed E-state index contributed by atoms with van der Waals surface area (Å²) >= 11 is 0. The number of aromatic amines is 1. The topological polar surface area (TPSA) is 100 Å². The summed E-state index contributed by atoms with van der Waals surface area (Å²) in [6, 6.07) is 11.4. The van der Waals surface area contributed by atoms with Crippen LogP contribution in [-0.4, -0.2) is 68.2 Å². The number of H-pyrrole nitrogens is 1. The van der Waals surface area contributed by atoms with Gasteiger partial charge < -0.3 is 19.9 Å². The van der Waals surface area contributed by atoms with Gasteiger partial charge >= 0.3 is 0 Å². The van der Waals surface area contributed by atoms with Crippen molar-refractivity contribution in [3.8, 4) is 11.3 Å². The van der Waals surface area contributed by atoms with E-state index in [1.807, 2.05) is 18.2 Å². The summed E-state index contributed by atoms with van der Waals surface area (Å²) in [5.74, 6) is 0.0464. The van der Waals surface area contributed by atoms with Crippen molar-refractivity contribution in [3.63, 3.8) is 0 Å². The molecule has 1 fully saturated rings. The highest BCUT2D eigenvalue weighted by Gasteiger charge is 2.24. The number of ether oxygens (including phenoxy) is 1. The lowest BCUT2D eigenvalue weighted by Gasteiger charge is -2.26. The molecule has 2 N–H and O–H groups in total. The van der Waals surface area contributed by atoms with Gasteiger partial charge in [-0.2, -0.15) is 9.61 Å². The lowest BCUT2D eigenvalue weighted by molar-refractivity contribution is 0.0304. The summed E-state index contributed by atoms with van der Waals surface area (Å²) in [6.45, 7) is 4.72. The number of hydrogen-bond donors (Lipinski definition) is 2. The molecule has 10 heteroatoms. The zero-order valence-electron chi connectivity index (χ0n) is 20.4. The molecule has 0 atom stereocenters. The number of fused-ring (bicyclic) bond motifs is 2. The summed E-state index contributed by atoms with van der Waals surface area (Å²) in [5, 5.41) is 9.15. The summed E-state index contributed by atoms with van der Waals surface area (Å²) in [5.41, 5.74) is 5.30.